The van der Waals surface area contributed by atoms with E-state index in [1.807, 2.05) is 31.2 Å². The number of fused-ring (bicyclic) bond motifs is 3. The first-order chi connectivity index (χ1) is 16.5. The van der Waals surface area contributed by atoms with Crippen LogP contribution in [0.3, 0.4) is 0 Å². The lowest BCUT2D eigenvalue weighted by Gasteiger charge is -2.27. The highest BCUT2D eigenvalue weighted by atomic mass is 16.5. The van der Waals surface area contributed by atoms with Crippen molar-refractivity contribution >= 4 is 18.0 Å². The molecule has 2 aliphatic carbocycles. The summed E-state index contributed by atoms with van der Waals surface area (Å²) in [6.07, 6.45) is 2.70. The Morgan fingerprint density at radius 2 is 1.56 bits per heavy atom. The first-order valence-corrected chi connectivity index (χ1v) is 12.1. The van der Waals surface area contributed by atoms with Crippen LogP contribution in [0.1, 0.15) is 56.1 Å². The molecule has 0 aromatic heterocycles. The number of carboxylic acids is 1. The average Bonchev–Trinajstić information content (AvgIpc) is 3.18. The predicted octanol–water partition coefficient (Wildman–Crippen LogP) is 4.31. The van der Waals surface area contributed by atoms with Gasteiger partial charge in [0.15, 0.2) is 0 Å². The highest BCUT2D eigenvalue weighted by molar-refractivity contribution is 5.85. The van der Waals surface area contributed by atoms with Crippen LogP contribution in [0.5, 0.6) is 0 Å². The summed E-state index contributed by atoms with van der Waals surface area (Å²) in [5.74, 6) is -1.01. The predicted molar refractivity (Wildman–Crippen MR) is 128 cm³/mol. The Kier molecular flexibility index (Phi) is 7.50. The molecule has 2 amide bonds. The Balaban J connectivity index is 1.27. The molecule has 4 rings (SSSR count). The van der Waals surface area contributed by atoms with E-state index < -0.39 is 18.1 Å². The van der Waals surface area contributed by atoms with Crippen LogP contribution in [0.2, 0.25) is 0 Å². The summed E-state index contributed by atoms with van der Waals surface area (Å²) < 4.78 is 5.57. The molecule has 3 N–H and O–H groups in total. The van der Waals surface area contributed by atoms with Gasteiger partial charge in [0.2, 0.25) is 5.91 Å². The number of hydrogen-bond acceptors (Lipinski definition) is 4. The van der Waals surface area contributed by atoms with Crippen molar-refractivity contribution in [1.82, 2.24) is 10.6 Å². The van der Waals surface area contributed by atoms with E-state index in [0.717, 1.165) is 35.1 Å². The molecule has 0 unspecified atom stereocenters. The first-order valence-electron chi connectivity index (χ1n) is 12.1. The summed E-state index contributed by atoms with van der Waals surface area (Å²) in [4.78, 5) is 36.3. The molecule has 0 aliphatic heterocycles. The Hall–Kier alpha value is -3.35. The summed E-state index contributed by atoms with van der Waals surface area (Å²) in [5.41, 5.74) is 4.60. The second kappa shape index (κ2) is 10.7. The summed E-state index contributed by atoms with van der Waals surface area (Å²) in [5, 5.41) is 14.7. The lowest BCUT2D eigenvalue weighted by molar-refractivity contribution is -0.143. The van der Waals surface area contributed by atoms with E-state index in [2.05, 4.69) is 34.9 Å². The maximum Gasteiger partial charge on any atom is 0.407 e. The highest BCUT2D eigenvalue weighted by Crippen LogP contribution is 2.44. The van der Waals surface area contributed by atoms with E-state index in [9.17, 15) is 14.4 Å². The molecule has 0 spiro atoms. The van der Waals surface area contributed by atoms with Crippen molar-refractivity contribution in [3.8, 4) is 11.1 Å². The number of nitrogens with one attached hydrogen (secondary N) is 2. The van der Waals surface area contributed by atoms with Crippen LogP contribution in [0.15, 0.2) is 48.5 Å². The maximum absolute atomic E-state index is 12.6. The normalized spacial score (nSPS) is 20.0. The van der Waals surface area contributed by atoms with Crippen molar-refractivity contribution in [1.29, 1.82) is 0 Å². The molecule has 2 aromatic carbocycles. The first kappa shape index (κ1) is 23.8. The second-order valence-electron chi connectivity index (χ2n) is 9.23. The quantitative estimate of drug-likeness (QED) is 0.540. The van der Waals surface area contributed by atoms with Gasteiger partial charge in [-0.1, -0.05) is 55.5 Å². The Bertz CT molecular complexity index is 999. The van der Waals surface area contributed by atoms with Gasteiger partial charge in [0.25, 0.3) is 0 Å². The van der Waals surface area contributed by atoms with E-state index in [4.69, 9.17) is 9.84 Å². The number of carbonyl (C=O) groups excluding carboxylic acids is 2. The Labute approximate surface area is 199 Å². The SMILES string of the molecule is CC[C@@H](NC(=O)OCC1c2ccccc2-c2ccccc21)C(=O)NCC1CCC(C(=O)O)CC1. The molecule has 0 bridgehead atoms. The average molecular weight is 465 g/mol. The van der Waals surface area contributed by atoms with E-state index in [0.29, 0.717) is 25.8 Å². The van der Waals surface area contributed by atoms with Gasteiger partial charge in [0, 0.05) is 12.5 Å². The molecule has 0 heterocycles. The number of alkyl carbamates (subject to hydrolysis) is 1. The largest absolute Gasteiger partial charge is 0.481 e. The number of ether oxygens (including phenoxy) is 1. The van der Waals surface area contributed by atoms with Gasteiger partial charge >= 0.3 is 12.1 Å². The van der Waals surface area contributed by atoms with Gasteiger partial charge in [-0.3, -0.25) is 9.59 Å². The standard InChI is InChI=1S/C27H32N2O5/c1-2-24(25(30)28-15-17-11-13-18(14-12-17)26(31)32)29-27(33)34-16-23-21-9-5-3-7-19(21)20-8-4-6-10-22(20)23/h3-10,17-18,23-24H,2,11-16H2,1H3,(H,28,30)(H,29,33)(H,31,32)/t17?,18?,24-/m1/s1. The van der Waals surface area contributed by atoms with Crippen LogP contribution >= 0.6 is 0 Å². The fourth-order valence-corrected chi connectivity index (χ4v) is 5.12. The van der Waals surface area contributed by atoms with Crippen molar-refractivity contribution in [3.63, 3.8) is 0 Å². The molecule has 2 aromatic rings. The number of carbonyl (C=O) groups is 3. The summed E-state index contributed by atoms with van der Waals surface area (Å²) >= 11 is 0. The molecule has 7 heteroatoms. The van der Waals surface area contributed by atoms with Crippen LogP contribution in [0.4, 0.5) is 4.79 Å². The monoisotopic (exact) mass is 464 g/mol. The zero-order chi connectivity index (χ0) is 24.1. The zero-order valence-electron chi connectivity index (χ0n) is 19.5. The Morgan fingerprint density at radius 3 is 2.12 bits per heavy atom. The van der Waals surface area contributed by atoms with Gasteiger partial charge in [-0.25, -0.2) is 4.79 Å². The van der Waals surface area contributed by atoms with E-state index in [1.54, 1.807) is 0 Å². The molecule has 7 nitrogen and oxygen atoms in total. The number of rotatable bonds is 8. The minimum Gasteiger partial charge on any atom is -0.481 e. The lowest BCUT2D eigenvalue weighted by atomic mass is 9.82. The molecule has 34 heavy (non-hydrogen) atoms. The zero-order valence-corrected chi connectivity index (χ0v) is 19.5. The van der Waals surface area contributed by atoms with Crippen LogP contribution in [0, 0.1) is 11.8 Å². The molecule has 0 saturated heterocycles. The summed E-state index contributed by atoms with van der Waals surface area (Å²) in [7, 11) is 0. The minimum atomic E-state index is -0.735. The number of benzene rings is 2. The number of carboxylic acid groups (broad SMARTS) is 1. The number of hydrogen-bond donors (Lipinski definition) is 3. The van der Waals surface area contributed by atoms with Crippen LogP contribution in [-0.4, -0.2) is 42.3 Å². The van der Waals surface area contributed by atoms with Gasteiger partial charge in [0.05, 0.1) is 5.92 Å². The van der Waals surface area contributed by atoms with Crippen molar-refractivity contribution in [2.24, 2.45) is 11.8 Å². The van der Waals surface area contributed by atoms with Gasteiger partial charge < -0.3 is 20.5 Å². The van der Waals surface area contributed by atoms with Crippen molar-refractivity contribution in [2.45, 2.75) is 51.0 Å². The molecule has 1 saturated carbocycles. The van der Waals surface area contributed by atoms with Crippen molar-refractivity contribution in [3.05, 3.63) is 59.7 Å². The van der Waals surface area contributed by atoms with E-state index >= 15 is 0 Å². The molecule has 2 aliphatic rings. The summed E-state index contributed by atoms with van der Waals surface area (Å²) in [6, 6.07) is 15.6. The number of amides is 2. The topological polar surface area (TPSA) is 105 Å². The fourth-order valence-electron chi connectivity index (χ4n) is 5.12. The smallest absolute Gasteiger partial charge is 0.407 e. The van der Waals surface area contributed by atoms with E-state index in [1.165, 1.54) is 0 Å². The number of aliphatic carboxylic acids is 1. The van der Waals surface area contributed by atoms with Crippen LogP contribution in [-0.2, 0) is 14.3 Å². The molecular weight excluding hydrogens is 432 g/mol. The van der Waals surface area contributed by atoms with Crippen molar-refractivity contribution in [2.75, 3.05) is 13.2 Å². The van der Waals surface area contributed by atoms with Gasteiger partial charge in [-0.15, -0.1) is 0 Å². The molecule has 180 valence electrons. The third-order valence-electron chi connectivity index (χ3n) is 7.12. The van der Waals surface area contributed by atoms with Crippen LogP contribution < -0.4 is 10.6 Å². The van der Waals surface area contributed by atoms with Gasteiger partial charge in [-0.05, 0) is 60.3 Å². The maximum atomic E-state index is 12.6. The molecule has 1 fully saturated rings. The van der Waals surface area contributed by atoms with E-state index in [-0.39, 0.29) is 30.3 Å². The summed E-state index contributed by atoms with van der Waals surface area (Å²) in [6.45, 7) is 2.53. The highest BCUT2D eigenvalue weighted by Gasteiger charge is 2.30. The Morgan fingerprint density at radius 1 is 0.971 bits per heavy atom. The molecular formula is C27H32N2O5. The third-order valence-corrected chi connectivity index (χ3v) is 7.12. The van der Waals surface area contributed by atoms with Crippen LogP contribution in [0.25, 0.3) is 11.1 Å². The van der Waals surface area contributed by atoms with Crippen molar-refractivity contribution < 1.29 is 24.2 Å². The second-order valence-corrected chi connectivity index (χ2v) is 9.23. The van der Waals surface area contributed by atoms with Gasteiger partial charge in [0.1, 0.15) is 12.6 Å². The molecule has 1 atom stereocenters. The van der Waals surface area contributed by atoms with Gasteiger partial charge in [-0.2, -0.15) is 0 Å². The fraction of sp³-hybridized carbons (Fsp3) is 0.444. The molecule has 0 radical (unpaired) electrons. The minimum absolute atomic E-state index is 0.0343. The third kappa shape index (κ3) is 5.24. The lowest BCUT2D eigenvalue weighted by Crippen LogP contribution is -2.48.